The number of hydrogen-bond acceptors (Lipinski definition) is 2. The van der Waals surface area contributed by atoms with Crippen LogP contribution in [0.25, 0.3) is 0 Å². The van der Waals surface area contributed by atoms with Crippen molar-refractivity contribution in [2.24, 2.45) is 4.99 Å². The van der Waals surface area contributed by atoms with Gasteiger partial charge in [-0.2, -0.15) is 5.26 Å². The number of nitriles is 1. The molecule has 0 unspecified atom stereocenters. The minimum absolute atomic E-state index is 0.659. The largest absolute Gasteiger partial charge is 0.356 e. The zero-order chi connectivity index (χ0) is 16.5. The second-order valence-corrected chi connectivity index (χ2v) is 5.47. The summed E-state index contributed by atoms with van der Waals surface area (Å²) < 4.78 is 0. The van der Waals surface area contributed by atoms with Gasteiger partial charge in [0.15, 0.2) is 5.96 Å². The van der Waals surface area contributed by atoms with Crippen molar-refractivity contribution in [1.82, 2.24) is 10.6 Å². The molecule has 2 rings (SSSR count). The summed E-state index contributed by atoms with van der Waals surface area (Å²) in [6, 6.07) is 17.5. The summed E-state index contributed by atoms with van der Waals surface area (Å²) in [6.07, 6.45) is 0.898. The lowest BCUT2D eigenvalue weighted by Gasteiger charge is -2.12. The zero-order valence-corrected chi connectivity index (χ0v) is 13.8. The molecular formula is C18H19ClN4. The van der Waals surface area contributed by atoms with Crippen LogP contribution in [0.15, 0.2) is 53.5 Å². The topological polar surface area (TPSA) is 60.2 Å². The Labute approximate surface area is 141 Å². The molecular weight excluding hydrogens is 308 g/mol. The van der Waals surface area contributed by atoms with Crippen molar-refractivity contribution in [2.75, 3.05) is 13.6 Å². The van der Waals surface area contributed by atoms with Crippen LogP contribution in [-0.4, -0.2) is 19.6 Å². The Morgan fingerprint density at radius 2 is 1.70 bits per heavy atom. The second-order valence-electron chi connectivity index (χ2n) is 5.04. The first-order valence-corrected chi connectivity index (χ1v) is 7.77. The number of hydrogen-bond donors (Lipinski definition) is 2. The molecule has 0 aromatic heterocycles. The normalized spacial score (nSPS) is 10.9. The fraction of sp³-hybridized carbons (Fsp3) is 0.222. The van der Waals surface area contributed by atoms with Gasteiger partial charge < -0.3 is 10.6 Å². The fourth-order valence-corrected chi connectivity index (χ4v) is 2.21. The summed E-state index contributed by atoms with van der Waals surface area (Å²) >= 11 is 5.87. The molecule has 5 heteroatoms. The van der Waals surface area contributed by atoms with Crippen LogP contribution in [0, 0.1) is 11.3 Å². The molecule has 0 bridgehead atoms. The van der Waals surface area contributed by atoms with Crippen LogP contribution in [0.4, 0.5) is 0 Å². The Morgan fingerprint density at radius 3 is 2.30 bits per heavy atom. The Kier molecular flexibility index (Phi) is 6.46. The molecule has 0 aliphatic carbocycles. The number of halogens is 1. The Balaban J connectivity index is 1.76. The number of benzene rings is 2. The third-order valence-electron chi connectivity index (χ3n) is 3.39. The highest BCUT2D eigenvalue weighted by molar-refractivity contribution is 6.30. The highest BCUT2D eigenvalue weighted by atomic mass is 35.5. The number of guanidine groups is 1. The van der Waals surface area contributed by atoms with Crippen LogP contribution in [0.1, 0.15) is 16.7 Å². The average molecular weight is 327 g/mol. The first kappa shape index (κ1) is 16.9. The van der Waals surface area contributed by atoms with E-state index >= 15 is 0 Å². The summed E-state index contributed by atoms with van der Waals surface area (Å²) in [5, 5.41) is 16.1. The molecule has 0 atom stereocenters. The van der Waals surface area contributed by atoms with Gasteiger partial charge in [-0.15, -0.1) is 0 Å². The number of nitrogens with zero attached hydrogens (tertiary/aromatic N) is 2. The van der Waals surface area contributed by atoms with E-state index in [-0.39, 0.29) is 0 Å². The van der Waals surface area contributed by atoms with Crippen molar-refractivity contribution in [2.45, 2.75) is 13.0 Å². The van der Waals surface area contributed by atoms with E-state index in [9.17, 15) is 0 Å². The van der Waals surface area contributed by atoms with Crippen molar-refractivity contribution >= 4 is 17.6 Å². The zero-order valence-electron chi connectivity index (χ0n) is 13.0. The molecule has 2 aromatic carbocycles. The molecule has 0 heterocycles. The summed E-state index contributed by atoms with van der Waals surface area (Å²) in [7, 11) is 1.75. The molecule has 23 heavy (non-hydrogen) atoms. The van der Waals surface area contributed by atoms with Crippen molar-refractivity contribution in [3.05, 3.63) is 70.2 Å². The number of nitrogens with one attached hydrogen (secondary N) is 2. The van der Waals surface area contributed by atoms with Crippen molar-refractivity contribution < 1.29 is 0 Å². The molecule has 0 saturated heterocycles. The standard InChI is InChI=1S/C18H19ClN4/c1-21-18(22-11-10-14-6-8-17(19)9-7-14)23-13-16-4-2-15(12-20)3-5-16/h2-9H,10-11,13H2,1H3,(H2,21,22,23). The number of rotatable bonds is 5. The maximum atomic E-state index is 8.79. The van der Waals surface area contributed by atoms with Gasteiger partial charge in [0.2, 0.25) is 0 Å². The van der Waals surface area contributed by atoms with Crippen LogP contribution >= 0.6 is 11.6 Å². The molecule has 2 aromatic rings. The molecule has 0 spiro atoms. The van der Waals surface area contributed by atoms with Gasteiger partial charge in [0, 0.05) is 25.2 Å². The van der Waals surface area contributed by atoms with Crippen LogP contribution < -0.4 is 10.6 Å². The summed E-state index contributed by atoms with van der Waals surface area (Å²) in [5.74, 6) is 0.753. The van der Waals surface area contributed by atoms with Crippen LogP contribution in [0.5, 0.6) is 0 Å². The fourth-order valence-electron chi connectivity index (χ4n) is 2.08. The predicted octanol–water partition coefficient (Wildman–Crippen LogP) is 3.12. The Bertz CT molecular complexity index is 684. The summed E-state index contributed by atoms with van der Waals surface area (Å²) in [6.45, 7) is 1.45. The minimum atomic E-state index is 0.659. The second kappa shape index (κ2) is 8.82. The third kappa shape index (κ3) is 5.65. The van der Waals surface area contributed by atoms with Gasteiger partial charge >= 0.3 is 0 Å². The van der Waals surface area contributed by atoms with Crippen molar-refractivity contribution in [3.63, 3.8) is 0 Å². The maximum Gasteiger partial charge on any atom is 0.191 e. The first-order valence-electron chi connectivity index (χ1n) is 7.39. The van der Waals surface area contributed by atoms with E-state index in [4.69, 9.17) is 16.9 Å². The average Bonchev–Trinajstić information content (AvgIpc) is 2.60. The molecule has 0 aliphatic rings. The molecule has 4 nitrogen and oxygen atoms in total. The monoisotopic (exact) mass is 326 g/mol. The third-order valence-corrected chi connectivity index (χ3v) is 3.64. The molecule has 0 radical (unpaired) electrons. The Morgan fingerprint density at radius 1 is 1.04 bits per heavy atom. The smallest absolute Gasteiger partial charge is 0.191 e. The van der Waals surface area contributed by atoms with E-state index in [1.165, 1.54) is 5.56 Å². The lowest BCUT2D eigenvalue weighted by molar-refractivity contribution is 0.794. The Hall–Kier alpha value is -2.51. The van der Waals surface area contributed by atoms with Crippen molar-refractivity contribution in [1.29, 1.82) is 5.26 Å². The lowest BCUT2D eigenvalue weighted by Crippen LogP contribution is -2.37. The van der Waals surface area contributed by atoms with E-state index in [0.717, 1.165) is 29.5 Å². The first-order chi connectivity index (χ1) is 11.2. The van der Waals surface area contributed by atoms with E-state index < -0.39 is 0 Å². The lowest BCUT2D eigenvalue weighted by atomic mass is 10.1. The SMILES string of the molecule is CN=C(NCCc1ccc(Cl)cc1)NCc1ccc(C#N)cc1. The summed E-state index contributed by atoms with van der Waals surface area (Å²) in [4.78, 5) is 4.20. The van der Waals surface area contributed by atoms with Gasteiger partial charge in [-0.05, 0) is 41.8 Å². The van der Waals surface area contributed by atoms with Gasteiger partial charge in [0.1, 0.15) is 0 Å². The highest BCUT2D eigenvalue weighted by Crippen LogP contribution is 2.09. The quantitative estimate of drug-likeness (QED) is 0.655. The van der Waals surface area contributed by atoms with Crippen LogP contribution in [0.2, 0.25) is 5.02 Å². The van der Waals surface area contributed by atoms with Crippen LogP contribution in [-0.2, 0) is 13.0 Å². The van der Waals surface area contributed by atoms with E-state index in [0.29, 0.717) is 12.1 Å². The minimum Gasteiger partial charge on any atom is -0.356 e. The molecule has 0 saturated carbocycles. The van der Waals surface area contributed by atoms with E-state index in [1.807, 2.05) is 48.5 Å². The van der Waals surface area contributed by atoms with Gasteiger partial charge in [0.25, 0.3) is 0 Å². The van der Waals surface area contributed by atoms with Crippen LogP contribution in [0.3, 0.4) is 0 Å². The van der Waals surface area contributed by atoms with Gasteiger partial charge in [0.05, 0.1) is 11.6 Å². The summed E-state index contributed by atoms with van der Waals surface area (Å²) in [5.41, 5.74) is 2.99. The molecule has 0 fully saturated rings. The van der Waals surface area contributed by atoms with E-state index in [2.05, 4.69) is 21.7 Å². The molecule has 0 amide bonds. The van der Waals surface area contributed by atoms with E-state index in [1.54, 1.807) is 7.05 Å². The molecule has 2 N–H and O–H groups in total. The van der Waals surface area contributed by atoms with Gasteiger partial charge in [-0.1, -0.05) is 35.9 Å². The molecule has 118 valence electrons. The van der Waals surface area contributed by atoms with Crippen molar-refractivity contribution in [3.8, 4) is 6.07 Å². The van der Waals surface area contributed by atoms with Gasteiger partial charge in [-0.25, -0.2) is 0 Å². The predicted molar refractivity (Wildman–Crippen MR) is 94.5 cm³/mol. The van der Waals surface area contributed by atoms with Gasteiger partial charge in [-0.3, -0.25) is 4.99 Å². The molecule has 0 aliphatic heterocycles. The maximum absolute atomic E-state index is 8.79. The highest BCUT2D eigenvalue weighted by Gasteiger charge is 1.99. The number of aliphatic imine (C=N–C) groups is 1.